The third-order valence-corrected chi connectivity index (χ3v) is 2.54. The number of nitrogens with one attached hydrogen (secondary N) is 1. The van der Waals surface area contributed by atoms with Gasteiger partial charge in [-0.2, -0.15) is 0 Å². The summed E-state index contributed by atoms with van der Waals surface area (Å²) in [4.78, 5) is 11.8. The maximum atomic E-state index is 11.8. The zero-order valence-electron chi connectivity index (χ0n) is 10.2. The molecular formula is C15H15NO2. The van der Waals surface area contributed by atoms with Crippen LogP contribution in [-0.2, 0) is 11.3 Å². The van der Waals surface area contributed by atoms with Gasteiger partial charge in [0.2, 0.25) is 5.91 Å². The van der Waals surface area contributed by atoms with E-state index in [1.54, 1.807) is 19.3 Å². The van der Waals surface area contributed by atoms with Crippen molar-refractivity contribution < 1.29 is 9.21 Å². The number of amides is 1. The van der Waals surface area contributed by atoms with Gasteiger partial charge in [-0.05, 0) is 30.7 Å². The molecule has 0 radical (unpaired) electrons. The van der Waals surface area contributed by atoms with Gasteiger partial charge in [-0.15, -0.1) is 0 Å². The maximum Gasteiger partial charge on any atom is 0.247 e. The first-order chi connectivity index (χ1) is 8.75. The lowest BCUT2D eigenvalue weighted by atomic mass is 10.1. The molecule has 0 fully saturated rings. The summed E-state index contributed by atoms with van der Waals surface area (Å²) in [5.74, 6) is 0.658. The van der Waals surface area contributed by atoms with Gasteiger partial charge in [0.25, 0.3) is 0 Å². The molecule has 0 spiro atoms. The third kappa shape index (κ3) is 3.35. The molecule has 0 aliphatic heterocycles. The molecule has 0 saturated heterocycles. The number of carbonyl (C=O) groups is 1. The van der Waals surface area contributed by atoms with Gasteiger partial charge in [0.05, 0.1) is 12.8 Å². The van der Waals surface area contributed by atoms with Crippen molar-refractivity contribution in [2.75, 3.05) is 0 Å². The average Bonchev–Trinajstić information content (AvgIpc) is 2.90. The first-order valence-electron chi connectivity index (χ1n) is 5.79. The highest BCUT2D eigenvalue weighted by atomic mass is 16.3. The van der Waals surface area contributed by atoms with Crippen LogP contribution >= 0.6 is 0 Å². The highest BCUT2D eigenvalue weighted by Crippen LogP contribution is 2.06. The molecule has 0 aliphatic carbocycles. The topological polar surface area (TPSA) is 42.2 Å². The lowest BCUT2D eigenvalue weighted by molar-refractivity contribution is -0.117. The normalized spacial score (nSPS) is 11.3. The molecule has 3 heteroatoms. The van der Waals surface area contributed by atoms with Crippen molar-refractivity contribution in [2.45, 2.75) is 13.5 Å². The SMILES string of the molecule is C/C(=C/c1ccccc1)C(=O)NCc1ccco1. The van der Waals surface area contributed by atoms with E-state index in [9.17, 15) is 4.79 Å². The second-order valence-corrected chi connectivity index (χ2v) is 4.00. The van der Waals surface area contributed by atoms with E-state index in [-0.39, 0.29) is 5.91 Å². The van der Waals surface area contributed by atoms with Crippen LogP contribution in [0.3, 0.4) is 0 Å². The number of benzene rings is 1. The number of hydrogen-bond acceptors (Lipinski definition) is 2. The Bertz CT molecular complexity index is 527. The summed E-state index contributed by atoms with van der Waals surface area (Å²) >= 11 is 0. The first-order valence-corrected chi connectivity index (χ1v) is 5.79. The molecule has 92 valence electrons. The Balaban J connectivity index is 1.94. The minimum absolute atomic E-state index is 0.0877. The summed E-state index contributed by atoms with van der Waals surface area (Å²) in [5.41, 5.74) is 1.69. The van der Waals surface area contributed by atoms with E-state index in [4.69, 9.17) is 4.42 Å². The smallest absolute Gasteiger partial charge is 0.247 e. The van der Waals surface area contributed by atoms with Gasteiger partial charge in [-0.25, -0.2) is 0 Å². The summed E-state index contributed by atoms with van der Waals surface area (Å²) in [6.07, 6.45) is 3.45. The van der Waals surface area contributed by atoms with E-state index in [0.29, 0.717) is 12.1 Å². The highest BCUT2D eigenvalue weighted by molar-refractivity contribution is 5.97. The van der Waals surface area contributed by atoms with Crippen molar-refractivity contribution in [2.24, 2.45) is 0 Å². The molecule has 1 amide bonds. The molecule has 3 nitrogen and oxygen atoms in total. The Morgan fingerprint density at radius 2 is 2.00 bits per heavy atom. The van der Waals surface area contributed by atoms with Crippen LogP contribution in [0.25, 0.3) is 6.08 Å². The van der Waals surface area contributed by atoms with Crippen molar-refractivity contribution in [1.82, 2.24) is 5.32 Å². The Morgan fingerprint density at radius 1 is 1.22 bits per heavy atom. The first kappa shape index (κ1) is 12.2. The molecular weight excluding hydrogens is 226 g/mol. The standard InChI is InChI=1S/C15H15NO2/c1-12(10-13-6-3-2-4-7-13)15(17)16-11-14-8-5-9-18-14/h2-10H,11H2,1H3,(H,16,17)/b12-10-. The second-order valence-electron chi connectivity index (χ2n) is 4.00. The van der Waals surface area contributed by atoms with Crippen LogP contribution in [0.1, 0.15) is 18.2 Å². The summed E-state index contributed by atoms with van der Waals surface area (Å²) in [7, 11) is 0. The monoisotopic (exact) mass is 241 g/mol. The molecule has 1 heterocycles. The van der Waals surface area contributed by atoms with E-state index in [1.165, 1.54) is 0 Å². The number of hydrogen-bond donors (Lipinski definition) is 1. The van der Waals surface area contributed by atoms with Crippen LogP contribution in [0.15, 0.2) is 58.7 Å². The number of furan rings is 1. The Morgan fingerprint density at radius 3 is 2.67 bits per heavy atom. The molecule has 1 aromatic carbocycles. The van der Waals surface area contributed by atoms with Gasteiger partial charge < -0.3 is 9.73 Å². The van der Waals surface area contributed by atoms with E-state index < -0.39 is 0 Å². The molecule has 0 aliphatic rings. The molecule has 2 aromatic rings. The minimum atomic E-state index is -0.0877. The summed E-state index contributed by atoms with van der Waals surface area (Å²) < 4.78 is 5.15. The van der Waals surface area contributed by atoms with E-state index in [1.807, 2.05) is 42.5 Å². The van der Waals surface area contributed by atoms with Gasteiger partial charge in [0.1, 0.15) is 5.76 Å². The maximum absolute atomic E-state index is 11.8. The third-order valence-electron chi connectivity index (χ3n) is 2.54. The summed E-state index contributed by atoms with van der Waals surface area (Å²) in [6, 6.07) is 13.4. The molecule has 2 rings (SSSR count). The fourth-order valence-electron chi connectivity index (χ4n) is 1.58. The van der Waals surface area contributed by atoms with E-state index in [2.05, 4.69) is 5.32 Å². The van der Waals surface area contributed by atoms with Crippen molar-refractivity contribution >= 4 is 12.0 Å². The summed E-state index contributed by atoms with van der Waals surface area (Å²) in [6.45, 7) is 2.20. The fourth-order valence-corrected chi connectivity index (χ4v) is 1.58. The van der Waals surface area contributed by atoms with Crippen molar-refractivity contribution in [3.63, 3.8) is 0 Å². The van der Waals surface area contributed by atoms with Gasteiger partial charge in [0, 0.05) is 5.57 Å². The van der Waals surface area contributed by atoms with E-state index >= 15 is 0 Å². The van der Waals surface area contributed by atoms with Crippen LogP contribution in [0, 0.1) is 0 Å². The highest BCUT2D eigenvalue weighted by Gasteiger charge is 2.04. The lowest BCUT2D eigenvalue weighted by Gasteiger charge is -2.03. The molecule has 0 atom stereocenters. The van der Waals surface area contributed by atoms with Crippen molar-refractivity contribution in [3.8, 4) is 0 Å². The van der Waals surface area contributed by atoms with Crippen molar-refractivity contribution in [3.05, 3.63) is 65.6 Å². The minimum Gasteiger partial charge on any atom is -0.467 e. The lowest BCUT2D eigenvalue weighted by Crippen LogP contribution is -2.23. The molecule has 18 heavy (non-hydrogen) atoms. The van der Waals surface area contributed by atoms with Gasteiger partial charge in [0.15, 0.2) is 0 Å². The summed E-state index contributed by atoms with van der Waals surface area (Å²) in [5, 5.41) is 2.80. The largest absolute Gasteiger partial charge is 0.467 e. The van der Waals surface area contributed by atoms with Crippen LogP contribution in [0.4, 0.5) is 0 Å². The zero-order valence-corrected chi connectivity index (χ0v) is 10.2. The fraction of sp³-hybridized carbons (Fsp3) is 0.133. The quantitative estimate of drug-likeness (QED) is 0.836. The molecule has 0 saturated carbocycles. The Labute approximate surface area is 106 Å². The van der Waals surface area contributed by atoms with E-state index in [0.717, 1.165) is 11.3 Å². The second kappa shape index (κ2) is 5.87. The predicted molar refractivity (Wildman–Crippen MR) is 70.6 cm³/mol. The Hall–Kier alpha value is -2.29. The van der Waals surface area contributed by atoms with Crippen LogP contribution < -0.4 is 5.32 Å². The van der Waals surface area contributed by atoms with Gasteiger partial charge >= 0.3 is 0 Å². The molecule has 1 N–H and O–H groups in total. The van der Waals surface area contributed by atoms with Gasteiger partial charge in [-0.3, -0.25) is 4.79 Å². The van der Waals surface area contributed by atoms with Gasteiger partial charge in [-0.1, -0.05) is 30.3 Å². The average molecular weight is 241 g/mol. The predicted octanol–water partition coefficient (Wildman–Crippen LogP) is 3.00. The van der Waals surface area contributed by atoms with Crippen molar-refractivity contribution in [1.29, 1.82) is 0 Å². The van der Waals surface area contributed by atoms with Crippen LogP contribution in [0.5, 0.6) is 0 Å². The van der Waals surface area contributed by atoms with Crippen LogP contribution in [0.2, 0.25) is 0 Å². The molecule has 1 aromatic heterocycles. The molecule has 0 bridgehead atoms. The zero-order chi connectivity index (χ0) is 12.8. The van der Waals surface area contributed by atoms with Crippen LogP contribution in [-0.4, -0.2) is 5.91 Å². The molecule has 0 unspecified atom stereocenters. The number of rotatable bonds is 4. The Kier molecular flexibility index (Phi) is 3.97. The number of carbonyl (C=O) groups excluding carboxylic acids is 1.